The van der Waals surface area contributed by atoms with E-state index in [0.29, 0.717) is 26.2 Å². The number of likely N-dealkylation sites (tertiary alicyclic amines) is 1. The summed E-state index contributed by atoms with van der Waals surface area (Å²) < 4.78 is 10.1. The van der Waals surface area contributed by atoms with Gasteiger partial charge in [-0.3, -0.25) is 4.79 Å². The van der Waals surface area contributed by atoms with Gasteiger partial charge in [0, 0.05) is 19.1 Å². The van der Waals surface area contributed by atoms with Crippen molar-refractivity contribution in [1.82, 2.24) is 15.5 Å². The van der Waals surface area contributed by atoms with Gasteiger partial charge in [0.15, 0.2) is 0 Å². The second-order valence-corrected chi connectivity index (χ2v) is 5.20. The first-order valence-corrected chi connectivity index (χ1v) is 7.63. The van der Waals surface area contributed by atoms with E-state index in [0.717, 1.165) is 18.6 Å². The number of furan rings is 1. The number of hydrogen-bond donors (Lipinski definition) is 2. The molecule has 7 nitrogen and oxygen atoms in total. The van der Waals surface area contributed by atoms with Crippen molar-refractivity contribution in [2.24, 2.45) is 0 Å². The molecule has 2 rings (SSSR count). The molecule has 0 atom stereocenters. The summed E-state index contributed by atoms with van der Waals surface area (Å²) >= 11 is 0. The van der Waals surface area contributed by atoms with Crippen LogP contribution in [0.4, 0.5) is 4.79 Å². The molecule has 0 bridgehead atoms. The molecule has 0 saturated carbocycles. The van der Waals surface area contributed by atoms with Crippen LogP contribution in [0.2, 0.25) is 0 Å². The lowest BCUT2D eigenvalue weighted by molar-refractivity contribution is -0.120. The molecule has 0 aromatic carbocycles. The number of hydrogen-bond acceptors (Lipinski definition) is 5. The van der Waals surface area contributed by atoms with E-state index in [1.165, 1.54) is 0 Å². The van der Waals surface area contributed by atoms with Crippen molar-refractivity contribution in [3.8, 4) is 0 Å². The van der Waals surface area contributed by atoms with E-state index in [-0.39, 0.29) is 24.6 Å². The maximum absolute atomic E-state index is 11.7. The molecule has 2 N–H and O–H groups in total. The predicted molar refractivity (Wildman–Crippen MR) is 80.2 cm³/mol. The molecule has 122 valence electrons. The summed E-state index contributed by atoms with van der Waals surface area (Å²) in [6, 6.07) is 3.86. The average molecular weight is 309 g/mol. The van der Waals surface area contributed by atoms with Crippen molar-refractivity contribution in [2.75, 3.05) is 26.2 Å². The molecule has 0 radical (unpaired) electrons. The van der Waals surface area contributed by atoms with E-state index in [2.05, 4.69) is 10.6 Å². The number of carbonyl (C=O) groups excluding carboxylic acids is 2. The van der Waals surface area contributed by atoms with Crippen LogP contribution in [0, 0.1) is 0 Å². The van der Waals surface area contributed by atoms with Crippen molar-refractivity contribution in [3.05, 3.63) is 24.2 Å². The maximum atomic E-state index is 11.7. The van der Waals surface area contributed by atoms with E-state index < -0.39 is 0 Å². The molecule has 1 aliphatic heterocycles. The number of amides is 2. The quantitative estimate of drug-likeness (QED) is 0.822. The molecule has 0 unspecified atom stereocenters. The summed E-state index contributed by atoms with van der Waals surface area (Å²) in [5.74, 6) is 0.667. The Morgan fingerprint density at radius 3 is 2.82 bits per heavy atom. The molecule has 0 aliphatic carbocycles. The van der Waals surface area contributed by atoms with Crippen LogP contribution in [0.5, 0.6) is 0 Å². The standard InChI is InChI=1S/C15H23N3O4/c1-2-21-15(20)18-7-5-12(6-8-18)16-11-14(19)17-10-13-4-3-9-22-13/h3-4,9,12,16H,2,5-8,10-11H2,1H3,(H,17,19). The van der Waals surface area contributed by atoms with Gasteiger partial charge in [-0.2, -0.15) is 0 Å². The van der Waals surface area contributed by atoms with Crippen molar-refractivity contribution >= 4 is 12.0 Å². The Labute approximate surface area is 130 Å². The zero-order valence-corrected chi connectivity index (χ0v) is 12.8. The fourth-order valence-corrected chi connectivity index (χ4v) is 2.38. The van der Waals surface area contributed by atoms with Gasteiger partial charge in [0.05, 0.1) is 26.0 Å². The maximum Gasteiger partial charge on any atom is 0.409 e. The molecule has 1 saturated heterocycles. The monoisotopic (exact) mass is 309 g/mol. The second kappa shape index (κ2) is 8.43. The van der Waals surface area contributed by atoms with Crippen LogP contribution in [-0.2, 0) is 16.1 Å². The highest BCUT2D eigenvalue weighted by atomic mass is 16.6. The van der Waals surface area contributed by atoms with Gasteiger partial charge in [-0.05, 0) is 31.9 Å². The first kappa shape index (κ1) is 16.4. The van der Waals surface area contributed by atoms with Gasteiger partial charge in [-0.25, -0.2) is 4.79 Å². The molecular formula is C15H23N3O4. The van der Waals surface area contributed by atoms with E-state index in [9.17, 15) is 9.59 Å². The van der Waals surface area contributed by atoms with Crippen LogP contribution < -0.4 is 10.6 Å². The van der Waals surface area contributed by atoms with Crippen LogP contribution in [-0.4, -0.2) is 49.2 Å². The van der Waals surface area contributed by atoms with Gasteiger partial charge in [-0.15, -0.1) is 0 Å². The zero-order valence-electron chi connectivity index (χ0n) is 12.8. The van der Waals surface area contributed by atoms with Gasteiger partial charge in [0.2, 0.25) is 5.91 Å². The topological polar surface area (TPSA) is 83.8 Å². The minimum atomic E-state index is -0.253. The fraction of sp³-hybridized carbons (Fsp3) is 0.600. The zero-order chi connectivity index (χ0) is 15.8. The summed E-state index contributed by atoms with van der Waals surface area (Å²) in [7, 11) is 0. The van der Waals surface area contributed by atoms with Crippen LogP contribution in [0.15, 0.2) is 22.8 Å². The predicted octanol–water partition coefficient (Wildman–Crippen LogP) is 1.11. The molecule has 2 amide bonds. The summed E-state index contributed by atoms with van der Waals surface area (Å²) in [5.41, 5.74) is 0. The number of ether oxygens (including phenoxy) is 1. The summed E-state index contributed by atoms with van der Waals surface area (Å²) in [4.78, 5) is 25.0. The van der Waals surface area contributed by atoms with Crippen molar-refractivity contribution in [1.29, 1.82) is 0 Å². The van der Waals surface area contributed by atoms with Gasteiger partial charge in [0.25, 0.3) is 0 Å². The SMILES string of the molecule is CCOC(=O)N1CCC(NCC(=O)NCc2ccco2)CC1. The number of nitrogens with one attached hydrogen (secondary N) is 2. The van der Waals surface area contributed by atoms with Crippen LogP contribution in [0.1, 0.15) is 25.5 Å². The molecule has 1 aliphatic rings. The van der Waals surface area contributed by atoms with Gasteiger partial charge >= 0.3 is 6.09 Å². The van der Waals surface area contributed by atoms with E-state index in [1.807, 2.05) is 6.07 Å². The lowest BCUT2D eigenvalue weighted by atomic mass is 10.1. The molecule has 0 spiro atoms. The first-order valence-electron chi connectivity index (χ1n) is 7.63. The highest BCUT2D eigenvalue weighted by Crippen LogP contribution is 2.11. The third-order valence-electron chi connectivity index (χ3n) is 3.61. The summed E-state index contributed by atoms with van der Waals surface area (Å²) in [6.45, 7) is 4.18. The molecule has 22 heavy (non-hydrogen) atoms. The Balaban J connectivity index is 1.60. The first-order chi connectivity index (χ1) is 10.7. The third-order valence-corrected chi connectivity index (χ3v) is 3.61. The smallest absolute Gasteiger partial charge is 0.409 e. The Morgan fingerprint density at radius 2 is 2.18 bits per heavy atom. The number of nitrogens with zero attached hydrogens (tertiary/aromatic N) is 1. The number of rotatable bonds is 6. The molecule has 7 heteroatoms. The van der Waals surface area contributed by atoms with E-state index in [4.69, 9.17) is 9.15 Å². The summed E-state index contributed by atoms with van der Waals surface area (Å²) in [5, 5.41) is 6.01. The largest absolute Gasteiger partial charge is 0.467 e. The lowest BCUT2D eigenvalue weighted by Crippen LogP contribution is -2.47. The highest BCUT2D eigenvalue weighted by Gasteiger charge is 2.23. The summed E-state index contributed by atoms with van der Waals surface area (Å²) in [6.07, 6.45) is 2.98. The van der Waals surface area contributed by atoms with E-state index in [1.54, 1.807) is 24.2 Å². The highest BCUT2D eigenvalue weighted by molar-refractivity contribution is 5.77. The molecule has 1 fully saturated rings. The lowest BCUT2D eigenvalue weighted by Gasteiger charge is -2.31. The van der Waals surface area contributed by atoms with Crippen molar-refractivity contribution in [2.45, 2.75) is 32.4 Å². The third kappa shape index (κ3) is 5.07. The Kier molecular flexibility index (Phi) is 6.27. The minimum Gasteiger partial charge on any atom is -0.467 e. The minimum absolute atomic E-state index is 0.0655. The molecule has 2 heterocycles. The Hall–Kier alpha value is -2.02. The average Bonchev–Trinajstić information content (AvgIpc) is 3.05. The molecule has 1 aromatic heterocycles. The van der Waals surface area contributed by atoms with Gasteiger partial charge in [-0.1, -0.05) is 0 Å². The van der Waals surface area contributed by atoms with Gasteiger partial charge < -0.3 is 24.7 Å². The molecular weight excluding hydrogens is 286 g/mol. The van der Waals surface area contributed by atoms with Crippen molar-refractivity contribution in [3.63, 3.8) is 0 Å². The Morgan fingerprint density at radius 1 is 1.41 bits per heavy atom. The normalized spacial score (nSPS) is 15.6. The fourth-order valence-electron chi connectivity index (χ4n) is 2.38. The van der Waals surface area contributed by atoms with Crippen LogP contribution >= 0.6 is 0 Å². The van der Waals surface area contributed by atoms with E-state index >= 15 is 0 Å². The van der Waals surface area contributed by atoms with Crippen LogP contribution in [0.25, 0.3) is 0 Å². The Bertz CT molecular complexity index is 467. The second-order valence-electron chi connectivity index (χ2n) is 5.20. The van der Waals surface area contributed by atoms with Crippen molar-refractivity contribution < 1.29 is 18.7 Å². The van der Waals surface area contributed by atoms with Gasteiger partial charge in [0.1, 0.15) is 5.76 Å². The molecule has 1 aromatic rings. The van der Waals surface area contributed by atoms with Crippen LogP contribution in [0.3, 0.4) is 0 Å². The number of piperidine rings is 1. The number of carbonyl (C=O) groups is 2.